The van der Waals surface area contributed by atoms with Crippen LogP contribution in [-0.4, -0.2) is 54.2 Å². The Morgan fingerprint density at radius 1 is 1.27 bits per heavy atom. The third-order valence-corrected chi connectivity index (χ3v) is 4.97. The molecule has 22 heavy (non-hydrogen) atoms. The molecule has 0 atom stereocenters. The number of nitrogens with zero attached hydrogens (tertiary/aromatic N) is 2. The van der Waals surface area contributed by atoms with E-state index in [0.717, 1.165) is 32.8 Å². The van der Waals surface area contributed by atoms with Crippen LogP contribution in [0.4, 0.5) is 0 Å². The maximum absolute atomic E-state index is 12.3. The van der Waals surface area contributed by atoms with Crippen LogP contribution < -0.4 is 5.32 Å². The van der Waals surface area contributed by atoms with Crippen LogP contribution in [0.25, 0.3) is 0 Å². The first kappa shape index (κ1) is 15.4. The molecule has 1 amide bonds. The third-order valence-electron chi connectivity index (χ3n) is 4.97. The zero-order chi connectivity index (χ0) is 15.3. The molecule has 0 aromatic carbocycles. The summed E-state index contributed by atoms with van der Waals surface area (Å²) in [7, 11) is 0. The first-order chi connectivity index (χ1) is 10.8. The number of amides is 1. The average Bonchev–Trinajstić information content (AvgIpc) is 2.62. The van der Waals surface area contributed by atoms with Gasteiger partial charge in [0.05, 0.1) is 18.8 Å². The zero-order valence-corrected chi connectivity index (χ0v) is 13.1. The standard InChI is InChI=1S/C17H25N3O2/c21-16(15-5-4-8-18-13-15)19-14-17(6-2-1-3-7-17)20-9-11-22-12-10-20/h4-5,8,13H,1-3,6-7,9-12,14H2,(H,19,21). The molecule has 0 spiro atoms. The summed E-state index contributed by atoms with van der Waals surface area (Å²) < 4.78 is 5.49. The molecule has 1 aromatic rings. The van der Waals surface area contributed by atoms with E-state index in [0.29, 0.717) is 5.56 Å². The molecule has 1 aliphatic carbocycles. The van der Waals surface area contributed by atoms with Gasteiger partial charge in [0.2, 0.25) is 0 Å². The number of carbonyl (C=O) groups excluding carboxylic acids is 1. The van der Waals surface area contributed by atoms with Crippen molar-refractivity contribution < 1.29 is 9.53 Å². The fourth-order valence-electron chi connectivity index (χ4n) is 3.70. The van der Waals surface area contributed by atoms with Crippen LogP contribution in [-0.2, 0) is 4.74 Å². The number of hydrogen-bond acceptors (Lipinski definition) is 4. The normalized spacial score (nSPS) is 22.2. The monoisotopic (exact) mass is 303 g/mol. The largest absolute Gasteiger partial charge is 0.379 e. The lowest BCUT2D eigenvalue weighted by atomic mass is 9.79. The van der Waals surface area contributed by atoms with Crippen LogP contribution in [0.3, 0.4) is 0 Å². The van der Waals surface area contributed by atoms with Crippen molar-refractivity contribution >= 4 is 5.91 Å². The fraction of sp³-hybridized carbons (Fsp3) is 0.647. The number of nitrogens with one attached hydrogen (secondary N) is 1. The van der Waals surface area contributed by atoms with Crippen LogP contribution in [0.15, 0.2) is 24.5 Å². The second-order valence-corrected chi connectivity index (χ2v) is 6.31. The molecule has 1 N–H and O–H groups in total. The lowest BCUT2D eigenvalue weighted by Gasteiger charge is -2.48. The smallest absolute Gasteiger partial charge is 0.252 e. The van der Waals surface area contributed by atoms with E-state index in [9.17, 15) is 4.79 Å². The molecule has 2 aliphatic rings. The van der Waals surface area contributed by atoms with Crippen molar-refractivity contribution in [3.05, 3.63) is 30.1 Å². The molecule has 1 aromatic heterocycles. The Morgan fingerprint density at radius 2 is 2.05 bits per heavy atom. The van der Waals surface area contributed by atoms with Gasteiger partial charge >= 0.3 is 0 Å². The molecule has 2 fully saturated rings. The van der Waals surface area contributed by atoms with Crippen molar-refractivity contribution in [2.24, 2.45) is 0 Å². The maximum Gasteiger partial charge on any atom is 0.252 e. The highest BCUT2D eigenvalue weighted by Crippen LogP contribution is 2.33. The van der Waals surface area contributed by atoms with Crippen LogP contribution >= 0.6 is 0 Å². The van der Waals surface area contributed by atoms with Crippen LogP contribution in [0.1, 0.15) is 42.5 Å². The van der Waals surface area contributed by atoms with Gasteiger partial charge in [-0.15, -0.1) is 0 Å². The Hall–Kier alpha value is -1.46. The van der Waals surface area contributed by atoms with Crippen LogP contribution in [0, 0.1) is 0 Å². The van der Waals surface area contributed by atoms with Gasteiger partial charge < -0.3 is 10.1 Å². The molecule has 3 rings (SSSR count). The quantitative estimate of drug-likeness (QED) is 0.922. The van der Waals surface area contributed by atoms with Gasteiger partial charge in [0.1, 0.15) is 0 Å². The zero-order valence-electron chi connectivity index (χ0n) is 13.1. The highest BCUT2D eigenvalue weighted by atomic mass is 16.5. The minimum absolute atomic E-state index is 0.0219. The van der Waals surface area contributed by atoms with Crippen molar-refractivity contribution in [3.63, 3.8) is 0 Å². The third kappa shape index (κ3) is 3.47. The van der Waals surface area contributed by atoms with Crippen molar-refractivity contribution in [1.82, 2.24) is 15.2 Å². The van der Waals surface area contributed by atoms with Gasteiger partial charge in [-0.3, -0.25) is 14.7 Å². The van der Waals surface area contributed by atoms with E-state index in [1.165, 1.54) is 32.1 Å². The summed E-state index contributed by atoms with van der Waals surface area (Å²) in [4.78, 5) is 18.9. The molecule has 120 valence electrons. The van der Waals surface area contributed by atoms with E-state index in [-0.39, 0.29) is 11.4 Å². The summed E-state index contributed by atoms with van der Waals surface area (Å²) in [6.45, 7) is 4.28. The molecule has 5 heteroatoms. The highest BCUT2D eigenvalue weighted by Gasteiger charge is 2.38. The summed E-state index contributed by atoms with van der Waals surface area (Å²) in [6, 6.07) is 3.61. The Kier molecular flexibility index (Phi) is 5.05. The highest BCUT2D eigenvalue weighted by molar-refractivity contribution is 5.93. The predicted molar refractivity (Wildman–Crippen MR) is 84.8 cm³/mol. The summed E-state index contributed by atoms with van der Waals surface area (Å²) in [6.07, 6.45) is 9.45. The number of pyridine rings is 1. The van der Waals surface area contributed by atoms with E-state index < -0.39 is 0 Å². The van der Waals surface area contributed by atoms with E-state index in [4.69, 9.17) is 4.74 Å². The topological polar surface area (TPSA) is 54.5 Å². The fourth-order valence-corrected chi connectivity index (χ4v) is 3.70. The average molecular weight is 303 g/mol. The van der Waals surface area contributed by atoms with Gasteiger partial charge in [0.15, 0.2) is 0 Å². The molecule has 0 unspecified atom stereocenters. The van der Waals surface area contributed by atoms with Gasteiger partial charge in [0.25, 0.3) is 5.91 Å². The Morgan fingerprint density at radius 3 is 2.73 bits per heavy atom. The molecule has 5 nitrogen and oxygen atoms in total. The molecule has 2 heterocycles. The lowest BCUT2D eigenvalue weighted by Crippen LogP contribution is -2.59. The molecular formula is C17H25N3O2. The van der Waals surface area contributed by atoms with E-state index in [1.54, 1.807) is 18.5 Å². The first-order valence-corrected chi connectivity index (χ1v) is 8.31. The molecule has 1 saturated heterocycles. The second kappa shape index (κ2) is 7.20. The summed E-state index contributed by atoms with van der Waals surface area (Å²) in [5.74, 6) is -0.0219. The van der Waals surface area contributed by atoms with E-state index in [2.05, 4.69) is 15.2 Å². The molecule has 0 radical (unpaired) electrons. The minimum atomic E-state index is -0.0219. The SMILES string of the molecule is O=C(NCC1(N2CCOCC2)CCCCC1)c1cccnc1. The van der Waals surface area contributed by atoms with Crippen molar-refractivity contribution in [3.8, 4) is 0 Å². The van der Waals surface area contributed by atoms with Gasteiger partial charge in [-0.25, -0.2) is 0 Å². The van der Waals surface area contributed by atoms with Gasteiger partial charge in [0, 0.05) is 37.6 Å². The van der Waals surface area contributed by atoms with E-state index in [1.807, 2.05) is 6.07 Å². The number of ether oxygens (including phenoxy) is 1. The van der Waals surface area contributed by atoms with Gasteiger partial charge in [-0.2, -0.15) is 0 Å². The maximum atomic E-state index is 12.3. The lowest BCUT2D eigenvalue weighted by molar-refractivity contribution is -0.0361. The summed E-state index contributed by atoms with van der Waals surface area (Å²) >= 11 is 0. The number of morpholine rings is 1. The van der Waals surface area contributed by atoms with E-state index >= 15 is 0 Å². The molecule has 0 bridgehead atoms. The van der Waals surface area contributed by atoms with Crippen molar-refractivity contribution in [1.29, 1.82) is 0 Å². The Bertz CT molecular complexity index is 480. The number of aromatic nitrogens is 1. The van der Waals surface area contributed by atoms with Gasteiger partial charge in [-0.1, -0.05) is 19.3 Å². The van der Waals surface area contributed by atoms with Gasteiger partial charge in [-0.05, 0) is 25.0 Å². The molecule has 1 aliphatic heterocycles. The first-order valence-electron chi connectivity index (χ1n) is 8.31. The second-order valence-electron chi connectivity index (χ2n) is 6.31. The van der Waals surface area contributed by atoms with Crippen LogP contribution in [0.5, 0.6) is 0 Å². The van der Waals surface area contributed by atoms with Crippen LogP contribution in [0.2, 0.25) is 0 Å². The predicted octanol–water partition coefficient (Wildman–Crippen LogP) is 1.85. The Labute approximate surface area is 132 Å². The number of rotatable bonds is 4. The van der Waals surface area contributed by atoms with Crippen molar-refractivity contribution in [2.45, 2.75) is 37.6 Å². The molecule has 1 saturated carbocycles. The molecular weight excluding hydrogens is 278 g/mol. The summed E-state index contributed by atoms with van der Waals surface area (Å²) in [5.41, 5.74) is 0.746. The number of hydrogen-bond donors (Lipinski definition) is 1. The number of carbonyl (C=O) groups is 1. The van der Waals surface area contributed by atoms with Crippen molar-refractivity contribution in [2.75, 3.05) is 32.8 Å². The minimum Gasteiger partial charge on any atom is -0.379 e. The Balaban J connectivity index is 1.66. The summed E-state index contributed by atoms with van der Waals surface area (Å²) in [5, 5.41) is 3.15.